The van der Waals surface area contributed by atoms with Gasteiger partial charge in [0.25, 0.3) is 0 Å². The summed E-state index contributed by atoms with van der Waals surface area (Å²) in [4.78, 5) is 13.3. The Labute approximate surface area is 217 Å². The van der Waals surface area contributed by atoms with Gasteiger partial charge in [-0.15, -0.1) is 0 Å². The van der Waals surface area contributed by atoms with Gasteiger partial charge in [0.15, 0.2) is 6.79 Å². The molecule has 8 nitrogen and oxygen atoms in total. The second-order valence-corrected chi connectivity index (χ2v) is 10.4. The summed E-state index contributed by atoms with van der Waals surface area (Å²) in [6.45, 7) is 4.61. The van der Waals surface area contributed by atoms with Crippen molar-refractivity contribution in [1.29, 1.82) is 0 Å². The van der Waals surface area contributed by atoms with Crippen molar-refractivity contribution >= 4 is 16.5 Å². The summed E-state index contributed by atoms with van der Waals surface area (Å²) in [5.74, 6) is 0.398. The first kappa shape index (κ1) is 25.5. The van der Waals surface area contributed by atoms with Gasteiger partial charge in [0.05, 0.1) is 18.8 Å². The monoisotopic (exact) mass is 510 g/mol. The lowest BCUT2D eigenvalue weighted by Gasteiger charge is -2.32. The summed E-state index contributed by atoms with van der Waals surface area (Å²) in [6.07, 6.45) is 3.35. The Morgan fingerprint density at radius 3 is 2.68 bits per heavy atom. The number of ether oxygens (including phenoxy) is 3. The van der Waals surface area contributed by atoms with Crippen LogP contribution in [-0.2, 0) is 24.1 Å². The number of hydrogen-bond donors (Lipinski definition) is 1. The van der Waals surface area contributed by atoms with Gasteiger partial charge in [-0.3, -0.25) is 0 Å². The summed E-state index contributed by atoms with van der Waals surface area (Å²) in [7, 11) is 5.70. The molecule has 2 heterocycles. The molecular formula is C28H35FN4O4. The first-order chi connectivity index (χ1) is 17.8. The van der Waals surface area contributed by atoms with E-state index >= 15 is 0 Å². The largest absolute Gasteiger partial charge is 0.493 e. The molecule has 37 heavy (non-hydrogen) atoms. The van der Waals surface area contributed by atoms with E-state index in [1.54, 1.807) is 13.2 Å². The number of nitrogens with zero attached hydrogens (tertiary/aromatic N) is 4. The quantitative estimate of drug-likeness (QED) is 0.405. The summed E-state index contributed by atoms with van der Waals surface area (Å²) >= 11 is 0. The molecule has 198 valence electrons. The molecule has 1 aliphatic carbocycles. The molecule has 0 amide bonds. The number of halogens is 1. The van der Waals surface area contributed by atoms with Gasteiger partial charge in [0.2, 0.25) is 5.88 Å². The Hall–Kier alpha value is -3.17. The minimum atomic E-state index is -0.221. The average Bonchev–Trinajstić information content (AvgIpc) is 3.64. The molecule has 0 radical (unpaired) electrons. The van der Waals surface area contributed by atoms with E-state index in [4.69, 9.17) is 19.2 Å². The minimum absolute atomic E-state index is 0.0283. The van der Waals surface area contributed by atoms with E-state index in [1.165, 1.54) is 6.07 Å². The molecule has 0 spiro atoms. The summed E-state index contributed by atoms with van der Waals surface area (Å²) in [6, 6.07) is 7.34. The van der Waals surface area contributed by atoms with E-state index < -0.39 is 0 Å². The molecule has 0 saturated heterocycles. The van der Waals surface area contributed by atoms with Crippen molar-refractivity contribution in [3.8, 4) is 17.6 Å². The van der Waals surface area contributed by atoms with Gasteiger partial charge in [-0.2, -0.15) is 9.97 Å². The fourth-order valence-corrected chi connectivity index (χ4v) is 5.34. The molecule has 5 rings (SSSR count). The number of aryl methyl sites for hydroxylation is 1. The van der Waals surface area contributed by atoms with Crippen LogP contribution >= 0.6 is 0 Å². The first-order valence-corrected chi connectivity index (χ1v) is 12.8. The van der Waals surface area contributed by atoms with Gasteiger partial charge >= 0.3 is 6.01 Å². The zero-order valence-corrected chi connectivity index (χ0v) is 22.0. The standard InChI is InChI=1S/C28H35FN4O4/c1-5-20-22(29)7-6-18-12-19(37-17-35-4)13-24(25(18)20)33-11-8-21-23(14-33)30-27(31-26(21)34)36-16-28(9-10-28)15-32(2)3/h6-7,12-13H,5,8-11,14-17H2,1-4H3,(H,30,31,34). The normalized spacial score (nSPS) is 16.2. The van der Waals surface area contributed by atoms with Crippen molar-refractivity contribution < 1.29 is 23.7 Å². The predicted molar refractivity (Wildman–Crippen MR) is 140 cm³/mol. The Bertz CT molecular complexity index is 1300. The third-order valence-corrected chi connectivity index (χ3v) is 7.30. The van der Waals surface area contributed by atoms with Crippen LogP contribution in [0.2, 0.25) is 0 Å². The highest BCUT2D eigenvalue weighted by molar-refractivity contribution is 5.98. The Kier molecular flexibility index (Phi) is 7.09. The van der Waals surface area contributed by atoms with Crippen LogP contribution in [0.25, 0.3) is 10.8 Å². The third kappa shape index (κ3) is 5.29. The molecule has 3 aromatic rings. The van der Waals surface area contributed by atoms with Crippen LogP contribution < -0.4 is 14.4 Å². The third-order valence-electron chi connectivity index (χ3n) is 7.30. The SMILES string of the molecule is CCc1c(F)ccc2cc(OCOC)cc(N3CCc4c(O)nc(OCC5(CN(C)C)CC5)nc4C3)c12. The van der Waals surface area contributed by atoms with Crippen LogP contribution in [0.4, 0.5) is 10.1 Å². The van der Waals surface area contributed by atoms with Crippen LogP contribution in [0.5, 0.6) is 17.6 Å². The Morgan fingerprint density at radius 1 is 1.16 bits per heavy atom. The van der Waals surface area contributed by atoms with Crippen LogP contribution in [-0.4, -0.2) is 67.7 Å². The number of aromatic nitrogens is 2. The number of methoxy groups -OCH3 is 1. The van der Waals surface area contributed by atoms with Gasteiger partial charge in [-0.1, -0.05) is 13.0 Å². The molecule has 0 bridgehead atoms. The lowest BCUT2D eigenvalue weighted by atomic mass is 9.97. The number of benzene rings is 2. The maximum Gasteiger partial charge on any atom is 0.320 e. The lowest BCUT2D eigenvalue weighted by molar-refractivity contribution is 0.0512. The Balaban J connectivity index is 1.47. The van der Waals surface area contributed by atoms with E-state index in [-0.39, 0.29) is 29.9 Å². The maximum absolute atomic E-state index is 14.8. The van der Waals surface area contributed by atoms with E-state index in [0.29, 0.717) is 43.9 Å². The van der Waals surface area contributed by atoms with Crippen molar-refractivity contribution in [3.05, 3.63) is 46.9 Å². The average molecular weight is 511 g/mol. The molecule has 1 N–H and O–H groups in total. The molecule has 1 aliphatic heterocycles. The number of hydrogen-bond acceptors (Lipinski definition) is 8. The fourth-order valence-electron chi connectivity index (χ4n) is 5.34. The number of anilines is 1. The lowest BCUT2D eigenvalue weighted by Crippen LogP contribution is -2.32. The second kappa shape index (κ2) is 10.3. The van der Waals surface area contributed by atoms with Gasteiger partial charge in [-0.05, 0) is 62.9 Å². The zero-order chi connectivity index (χ0) is 26.2. The van der Waals surface area contributed by atoms with Crippen LogP contribution in [0.3, 0.4) is 0 Å². The van der Waals surface area contributed by atoms with Crippen molar-refractivity contribution in [2.75, 3.05) is 52.6 Å². The highest BCUT2D eigenvalue weighted by atomic mass is 19.1. The minimum Gasteiger partial charge on any atom is -0.493 e. The van der Waals surface area contributed by atoms with Crippen LogP contribution in [0.15, 0.2) is 24.3 Å². The first-order valence-electron chi connectivity index (χ1n) is 12.8. The van der Waals surface area contributed by atoms with Crippen molar-refractivity contribution in [2.45, 2.75) is 39.2 Å². The van der Waals surface area contributed by atoms with E-state index in [0.717, 1.165) is 47.1 Å². The maximum atomic E-state index is 14.8. The van der Waals surface area contributed by atoms with Gasteiger partial charge in [-0.25, -0.2) is 4.39 Å². The molecule has 1 saturated carbocycles. The summed E-state index contributed by atoms with van der Waals surface area (Å²) < 4.78 is 31.7. The summed E-state index contributed by atoms with van der Waals surface area (Å²) in [5, 5.41) is 12.4. The highest BCUT2D eigenvalue weighted by Crippen LogP contribution is 2.46. The molecule has 2 aliphatic rings. The predicted octanol–water partition coefficient (Wildman–Crippen LogP) is 4.30. The van der Waals surface area contributed by atoms with Gasteiger partial charge < -0.3 is 29.1 Å². The molecule has 0 unspecified atom stereocenters. The van der Waals surface area contributed by atoms with E-state index in [2.05, 4.69) is 28.9 Å². The molecule has 0 atom stereocenters. The molecule has 1 aromatic heterocycles. The molecule has 9 heteroatoms. The topological polar surface area (TPSA) is 80.2 Å². The second-order valence-electron chi connectivity index (χ2n) is 10.4. The van der Waals surface area contributed by atoms with E-state index in [9.17, 15) is 9.50 Å². The van der Waals surface area contributed by atoms with Crippen LogP contribution in [0.1, 0.15) is 36.6 Å². The van der Waals surface area contributed by atoms with Crippen molar-refractivity contribution in [2.24, 2.45) is 5.41 Å². The molecule has 1 fully saturated rings. The fraction of sp³-hybridized carbons (Fsp3) is 0.500. The van der Waals surface area contributed by atoms with Crippen molar-refractivity contribution in [1.82, 2.24) is 14.9 Å². The number of aromatic hydroxyl groups is 1. The highest BCUT2D eigenvalue weighted by Gasteiger charge is 2.44. The van der Waals surface area contributed by atoms with Gasteiger partial charge in [0.1, 0.15) is 11.6 Å². The number of fused-ring (bicyclic) bond motifs is 2. The molecular weight excluding hydrogens is 475 g/mol. The zero-order valence-electron chi connectivity index (χ0n) is 22.0. The Morgan fingerprint density at radius 2 is 1.97 bits per heavy atom. The van der Waals surface area contributed by atoms with Crippen LogP contribution in [0, 0.1) is 11.2 Å². The number of rotatable bonds is 10. The van der Waals surface area contributed by atoms with E-state index in [1.807, 2.05) is 19.1 Å². The molecule has 2 aromatic carbocycles. The summed E-state index contributed by atoms with van der Waals surface area (Å²) in [5.41, 5.74) is 3.12. The van der Waals surface area contributed by atoms with Crippen molar-refractivity contribution in [3.63, 3.8) is 0 Å². The smallest absolute Gasteiger partial charge is 0.320 e. The van der Waals surface area contributed by atoms with Gasteiger partial charge in [0, 0.05) is 48.3 Å².